The minimum Gasteiger partial charge on any atom is -0.481 e. The largest absolute Gasteiger partial charge is 0.481 e. The predicted molar refractivity (Wildman–Crippen MR) is 73.9 cm³/mol. The van der Waals surface area contributed by atoms with Gasteiger partial charge in [0.25, 0.3) is 5.89 Å². The first-order valence-electron chi connectivity index (χ1n) is 6.86. The van der Waals surface area contributed by atoms with Gasteiger partial charge >= 0.3 is 5.97 Å². The van der Waals surface area contributed by atoms with Gasteiger partial charge in [-0.05, 0) is 42.0 Å². The predicted octanol–water partition coefficient (Wildman–Crippen LogP) is 3.56. The van der Waals surface area contributed by atoms with Crippen LogP contribution < -0.4 is 0 Å². The first-order valence-corrected chi connectivity index (χ1v) is 7.24. The van der Waals surface area contributed by atoms with Crippen LogP contribution in [-0.2, 0) is 11.2 Å². The molecule has 6 nitrogen and oxygen atoms in total. The number of carbonyl (C=O) groups is 1. The van der Waals surface area contributed by atoms with Gasteiger partial charge in [-0.2, -0.15) is 0 Å². The van der Waals surface area contributed by atoms with E-state index in [9.17, 15) is 4.79 Å². The molecule has 0 saturated heterocycles. The first kappa shape index (κ1) is 14.1. The maximum absolute atomic E-state index is 11.1. The third-order valence-corrected chi connectivity index (χ3v) is 4.17. The van der Waals surface area contributed by atoms with E-state index in [1.807, 2.05) is 0 Å². The minimum atomic E-state index is -0.783. The zero-order valence-corrected chi connectivity index (χ0v) is 12.1. The van der Waals surface area contributed by atoms with E-state index >= 15 is 0 Å². The lowest BCUT2D eigenvalue weighted by atomic mass is 9.79. The van der Waals surface area contributed by atoms with E-state index in [1.165, 1.54) is 0 Å². The van der Waals surface area contributed by atoms with Crippen LogP contribution in [0.3, 0.4) is 0 Å². The zero-order valence-electron chi connectivity index (χ0n) is 11.3. The summed E-state index contributed by atoms with van der Waals surface area (Å²) in [4.78, 5) is 11.1. The number of furan rings is 1. The zero-order chi connectivity index (χ0) is 14.9. The normalized spacial score (nSPS) is 17.2. The summed E-state index contributed by atoms with van der Waals surface area (Å²) in [6, 6.07) is 3.26. The average molecular weight is 311 g/mol. The molecule has 0 aromatic carbocycles. The van der Waals surface area contributed by atoms with Crippen molar-refractivity contribution in [3.63, 3.8) is 0 Å². The van der Waals surface area contributed by atoms with Gasteiger partial charge in [0.15, 0.2) is 11.0 Å². The molecule has 3 rings (SSSR count). The molecule has 0 amide bonds. The molecule has 1 aliphatic rings. The summed E-state index contributed by atoms with van der Waals surface area (Å²) in [5, 5.41) is 17.3. The van der Waals surface area contributed by atoms with Crippen molar-refractivity contribution in [1.82, 2.24) is 10.2 Å². The summed E-state index contributed by atoms with van der Waals surface area (Å²) in [7, 11) is 0. The second kappa shape index (κ2) is 5.52. The smallest absolute Gasteiger partial charge is 0.303 e. The number of carboxylic acids is 1. The van der Waals surface area contributed by atoms with Crippen molar-refractivity contribution in [1.29, 1.82) is 0 Å². The van der Waals surface area contributed by atoms with Crippen LogP contribution >= 0.6 is 11.6 Å². The summed E-state index contributed by atoms with van der Waals surface area (Å²) in [5.41, 5.74) is -0.267. The molecule has 0 bridgehead atoms. The Kier molecular flexibility index (Phi) is 3.71. The van der Waals surface area contributed by atoms with Crippen molar-refractivity contribution in [2.24, 2.45) is 5.41 Å². The van der Waals surface area contributed by atoms with Gasteiger partial charge in [-0.25, -0.2) is 0 Å². The van der Waals surface area contributed by atoms with Crippen LogP contribution in [0, 0.1) is 5.41 Å². The first-order chi connectivity index (χ1) is 10.1. The molecule has 2 aromatic rings. The molecule has 0 atom stereocenters. The van der Waals surface area contributed by atoms with Crippen LogP contribution in [0.2, 0.25) is 5.22 Å². The van der Waals surface area contributed by atoms with Gasteiger partial charge in [0, 0.05) is 6.42 Å². The molecular weight excluding hydrogens is 296 g/mol. The Labute approximate surface area is 126 Å². The monoisotopic (exact) mass is 310 g/mol. The summed E-state index contributed by atoms with van der Waals surface area (Å²) in [5.74, 6) is 0.341. The minimum absolute atomic E-state index is 0.136. The van der Waals surface area contributed by atoms with E-state index < -0.39 is 5.97 Å². The molecule has 1 saturated carbocycles. The number of rotatable bonds is 5. The number of aromatic nitrogens is 2. The van der Waals surface area contributed by atoms with Gasteiger partial charge in [-0.15, -0.1) is 10.2 Å². The van der Waals surface area contributed by atoms with Gasteiger partial charge in [0.05, 0.1) is 6.42 Å². The maximum Gasteiger partial charge on any atom is 0.303 e. The summed E-state index contributed by atoms with van der Waals surface area (Å²) in [6.07, 6.45) is 4.47. The van der Waals surface area contributed by atoms with Crippen LogP contribution in [0.25, 0.3) is 11.7 Å². The number of hydrogen-bond donors (Lipinski definition) is 1. The number of aliphatic carboxylic acids is 1. The van der Waals surface area contributed by atoms with E-state index in [4.69, 9.17) is 25.5 Å². The Balaban J connectivity index is 1.78. The second-order valence-electron chi connectivity index (χ2n) is 5.56. The van der Waals surface area contributed by atoms with Crippen molar-refractivity contribution < 1.29 is 18.7 Å². The Morgan fingerprint density at radius 3 is 2.67 bits per heavy atom. The van der Waals surface area contributed by atoms with Crippen molar-refractivity contribution in [3.8, 4) is 11.7 Å². The van der Waals surface area contributed by atoms with E-state index in [1.54, 1.807) is 12.1 Å². The molecule has 0 aliphatic heterocycles. The fourth-order valence-electron chi connectivity index (χ4n) is 3.04. The Morgan fingerprint density at radius 2 is 2.05 bits per heavy atom. The molecule has 0 unspecified atom stereocenters. The number of carboxylic acid groups (broad SMARTS) is 1. The number of nitrogens with zero attached hydrogens (tertiary/aromatic N) is 2. The van der Waals surface area contributed by atoms with E-state index in [0.717, 1.165) is 25.7 Å². The average Bonchev–Trinajstić information content (AvgIpc) is 3.11. The molecule has 112 valence electrons. The van der Waals surface area contributed by atoms with Crippen LogP contribution in [0.5, 0.6) is 0 Å². The quantitative estimate of drug-likeness (QED) is 0.908. The molecule has 0 spiro atoms. The second-order valence-corrected chi connectivity index (χ2v) is 5.93. The third-order valence-electron chi connectivity index (χ3n) is 3.97. The lowest BCUT2D eigenvalue weighted by molar-refractivity contribution is -0.139. The van der Waals surface area contributed by atoms with Gasteiger partial charge < -0.3 is 13.9 Å². The SMILES string of the molecule is O=C(O)CC1(Cc2nnc(-c3ccc(Cl)o3)o2)CCCC1. The molecular formula is C14H15ClN2O4. The summed E-state index contributed by atoms with van der Waals surface area (Å²) in [6.45, 7) is 0. The van der Waals surface area contributed by atoms with E-state index in [0.29, 0.717) is 18.1 Å². The van der Waals surface area contributed by atoms with Gasteiger partial charge in [0.1, 0.15) is 0 Å². The lowest BCUT2D eigenvalue weighted by Gasteiger charge is -2.24. The summed E-state index contributed by atoms with van der Waals surface area (Å²) >= 11 is 5.71. The van der Waals surface area contributed by atoms with Crippen LogP contribution in [0.15, 0.2) is 21.0 Å². The van der Waals surface area contributed by atoms with Gasteiger partial charge in [0.2, 0.25) is 5.89 Å². The molecule has 1 aliphatic carbocycles. The van der Waals surface area contributed by atoms with Crippen molar-refractivity contribution in [2.75, 3.05) is 0 Å². The van der Waals surface area contributed by atoms with Crippen LogP contribution in [0.1, 0.15) is 38.0 Å². The highest BCUT2D eigenvalue weighted by molar-refractivity contribution is 6.28. The van der Waals surface area contributed by atoms with Crippen molar-refractivity contribution in [3.05, 3.63) is 23.2 Å². The maximum atomic E-state index is 11.1. The van der Waals surface area contributed by atoms with Gasteiger partial charge in [-0.1, -0.05) is 12.8 Å². The van der Waals surface area contributed by atoms with Crippen molar-refractivity contribution in [2.45, 2.75) is 38.5 Å². The highest BCUT2D eigenvalue weighted by atomic mass is 35.5. The molecule has 7 heteroatoms. The fourth-order valence-corrected chi connectivity index (χ4v) is 3.18. The summed E-state index contributed by atoms with van der Waals surface area (Å²) < 4.78 is 10.8. The molecule has 21 heavy (non-hydrogen) atoms. The topological polar surface area (TPSA) is 89.4 Å². The van der Waals surface area contributed by atoms with E-state index in [-0.39, 0.29) is 22.9 Å². The van der Waals surface area contributed by atoms with Gasteiger partial charge in [-0.3, -0.25) is 4.79 Å². The van der Waals surface area contributed by atoms with Crippen LogP contribution in [-0.4, -0.2) is 21.3 Å². The molecule has 1 N–H and O–H groups in total. The number of halogens is 1. The van der Waals surface area contributed by atoms with Crippen LogP contribution in [0.4, 0.5) is 0 Å². The third kappa shape index (κ3) is 3.10. The van der Waals surface area contributed by atoms with E-state index in [2.05, 4.69) is 10.2 Å². The molecule has 2 heterocycles. The molecule has 2 aromatic heterocycles. The number of hydrogen-bond acceptors (Lipinski definition) is 5. The lowest BCUT2D eigenvalue weighted by Crippen LogP contribution is -2.23. The highest BCUT2D eigenvalue weighted by Crippen LogP contribution is 2.43. The Hall–Kier alpha value is -1.82. The standard InChI is InChI=1S/C14H15ClN2O4/c15-10-4-3-9(20-10)13-17-16-11(21-13)7-14(8-12(18)19)5-1-2-6-14/h3-4H,1-2,5-8H2,(H,18,19). The Bertz CT molecular complexity index is 643. The molecule has 1 fully saturated rings. The van der Waals surface area contributed by atoms with Crippen molar-refractivity contribution >= 4 is 17.6 Å². The molecule has 0 radical (unpaired) electrons. The highest BCUT2D eigenvalue weighted by Gasteiger charge is 2.38. The Morgan fingerprint density at radius 1 is 1.29 bits per heavy atom. The fraction of sp³-hybridized carbons (Fsp3) is 0.500.